The molecule has 3 N–H and O–H groups in total. The summed E-state index contributed by atoms with van der Waals surface area (Å²) in [7, 11) is -4.16. The van der Waals surface area contributed by atoms with Crippen LogP contribution in [0.1, 0.15) is 6.42 Å². The number of nitrogens with two attached hydrogens (primary N) is 1. The Kier molecular flexibility index (Phi) is 3.80. The number of rotatable bonds is 4. The fraction of sp³-hybridized carbons (Fsp3) is 0.500. The molecule has 0 aromatic carbocycles. The van der Waals surface area contributed by atoms with E-state index < -0.39 is 32.9 Å². The molecular weight excluding hydrogens is 310 g/mol. The van der Waals surface area contributed by atoms with Gasteiger partial charge in [0.15, 0.2) is 5.82 Å². The van der Waals surface area contributed by atoms with Crippen molar-refractivity contribution in [2.24, 2.45) is 11.1 Å². The molecule has 1 fully saturated rings. The number of carboxylic acids is 1. The predicted molar refractivity (Wildman–Crippen MR) is 66.3 cm³/mol. The second kappa shape index (κ2) is 5.15. The van der Waals surface area contributed by atoms with Crippen LogP contribution in [0.5, 0.6) is 0 Å². The smallest absolute Gasteiger partial charge is 0.374 e. The summed E-state index contributed by atoms with van der Waals surface area (Å²) in [5.74, 6) is -7.69. The molecule has 0 aliphatic carbocycles. The van der Waals surface area contributed by atoms with E-state index in [-0.39, 0.29) is 25.3 Å². The predicted octanol–water partition coefficient (Wildman–Crippen LogP) is -0.330. The van der Waals surface area contributed by atoms with Crippen molar-refractivity contribution in [2.45, 2.75) is 17.4 Å². The standard InChI is InChI=1S/C10H12F2N4O4S/c11-10(12,9(17)18)6-1-4-16(5-6)7-8(21(13,19)20)15-3-2-14-7/h2-3,6H,1,4-5H2,(H,17,18)(H2,13,19,20). The number of aliphatic carboxylic acids is 1. The van der Waals surface area contributed by atoms with Crippen LogP contribution >= 0.6 is 0 Å². The van der Waals surface area contributed by atoms with E-state index in [2.05, 4.69) is 9.97 Å². The molecule has 0 amide bonds. The zero-order chi connectivity index (χ0) is 15.8. The third kappa shape index (κ3) is 2.93. The van der Waals surface area contributed by atoms with Crippen LogP contribution in [0.2, 0.25) is 0 Å². The number of carbonyl (C=O) groups is 1. The minimum atomic E-state index is -4.16. The molecule has 11 heteroatoms. The van der Waals surface area contributed by atoms with Gasteiger partial charge in [-0.15, -0.1) is 0 Å². The Morgan fingerprint density at radius 3 is 2.62 bits per heavy atom. The molecule has 2 heterocycles. The fourth-order valence-electron chi connectivity index (χ4n) is 2.16. The van der Waals surface area contributed by atoms with Gasteiger partial charge in [0.05, 0.1) is 5.92 Å². The number of primary sulfonamides is 1. The van der Waals surface area contributed by atoms with Crippen LogP contribution < -0.4 is 10.0 Å². The van der Waals surface area contributed by atoms with Crippen molar-refractivity contribution in [1.29, 1.82) is 0 Å². The largest absolute Gasteiger partial charge is 0.477 e. The molecule has 1 unspecified atom stereocenters. The average Bonchev–Trinajstić information content (AvgIpc) is 2.87. The van der Waals surface area contributed by atoms with Crippen LogP contribution in [-0.4, -0.2) is 48.5 Å². The van der Waals surface area contributed by atoms with E-state index in [1.165, 1.54) is 11.1 Å². The van der Waals surface area contributed by atoms with Gasteiger partial charge in [0.25, 0.3) is 10.0 Å². The van der Waals surface area contributed by atoms with E-state index in [9.17, 15) is 22.0 Å². The average molecular weight is 322 g/mol. The first-order valence-corrected chi connectivity index (χ1v) is 7.38. The second-order valence-electron chi connectivity index (χ2n) is 4.59. The molecule has 1 atom stereocenters. The van der Waals surface area contributed by atoms with Gasteiger partial charge in [-0.05, 0) is 6.42 Å². The number of hydrogen-bond acceptors (Lipinski definition) is 6. The minimum absolute atomic E-state index is 0.0365. The number of hydrogen-bond donors (Lipinski definition) is 2. The highest BCUT2D eigenvalue weighted by molar-refractivity contribution is 7.89. The molecule has 1 aliphatic rings. The van der Waals surface area contributed by atoms with Crippen molar-refractivity contribution >= 4 is 21.8 Å². The molecule has 1 aromatic rings. The van der Waals surface area contributed by atoms with Crippen LogP contribution in [0, 0.1) is 5.92 Å². The maximum Gasteiger partial charge on any atom is 0.374 e. The summed E-state index contributed by atoms with van der Waals surface area (Å²) in [6.45, 7) is -0.310. The lowest BCUT2D eigenvalue weighted by Crippen LogP contribution is -2.39. The van der Waals surface area contributed by atoms with Gasteiger partial charge in [-0.3, -0.25) is 0 Å². The number of aromatic nitrogens is 2. The molecular formula is C10H12F2N4O4S. The van der Waals surface area contributed by atoms with Gasteiger partial charge in [0, 0.05) is 25.5 Å². The van der Waals surface area contributed by atoms with E-state index in [0.717, 1.165) is 6.20 Å². The van der Waals surface area contributed by atoms with Crippen molar-refractivity contribution in [1.82, 2.24) is 9.97 Å². The minimum Gasteiger partial charge on any atom is -0.477 e. The Balaban J connectivity index is 2.30. The summed E-state index contributed by atoms with van der Waals surface area (Å²) in [6.07, 6.45) is 2.20. The highest BCUT2D eigenvalue weighted by Gasteiger charge is 2.50. The van der Waals surface area contributed by atoms with Crippen molar-refractivity contribution in [3.05, 3.63) is 12.4 Å². The lowest BCUT2D eigenvalue weighted by molar-refractivity contribution is -0.172. The Bertz CT molecular complexity index is 667. The van der Waals surface area contributed by atoms with E-state index in [1.54, 1.807) is 0 Å². The second-order valence-corrected chi connectivity index (χ2v) is 6.07. The molecule has 1 aliphatic heterocycles. The lowest BCUT2D eigenvalue weighted by Gasteiger charge is -2.21. The summed E-state index contributed by atoms with van der Waals surface area (Å²) < 4.78 is 49.7. The molecule has 2 rings (SSSR count). The summed E-state index contributed by atoms with van der Waals surface area (Å²) >= 11 is 0. The molecule has 0 spiro atoms. The first-order valence-electron chi connectivity index (χ1n) is 5.84. The van der Waals surface area contributed by atoms with E-state index >= 15 is 0 Å². The highest BCUT2D eigenvalue weighted by Crippen LogP contribution is 2.35. The molecule has 0 bridgehead atoms. The van der Waals surface area contributed by atoms with E-state index in [4.69, 9.17) is 10.2 Å². The van der Waals surface area contributed by atoms with Crippen molar-refractivity contribution in [3.63, 3.8) is 0 Å². The summed E-state index contributed by atoms with van der Waals surface area (Å²) in [6, 6.07) is 0. The number of anilines is 1. The number of nitrogens with zero attached hydrogens (tertiary/aromatic N) is 3. The first-order chi connectivity index (χ1) is 9.64. The van der Waals surface area contributed by atoms with E-state index in [0.29, 0.717) is 0 Å². The Labute approximate surface area is 118 Å². The SMILES string of the molecule is NS(=O)(=O)c1nccnc1N1CCC(C(F)(F)C(=O)O)C1. The van der Waals surface area contributed by atoms with Gasteiger partial charge in [-0.1, -0.05) is 0 Å². The third-order valence-corrected chi connectivity index (χ3v) is 4.03. The van der Waals surface area contributed by atoms with Gasteiger partial charge in [-0.25, -0.2) is 28.3 Å². The first kappa shape index (κ1) is 15.5. The summed E-state index contributed by atoms with van der Waals surface area (Å²) in [4.78, 5) is 19.2. The highest BCUT2D eigenvalue weighted by atomic mass is 32.2. The molecule has 0 saturated carbocycles. The Morgan fingerprint density at radius 1 is 1.43 bits per heavy atom. The van der Waals surface area contributed by atoms with Crippen LogP contribution in [0.15, 0.2) is 17.4 Å². The normalized spacial score (nSPS) is 19.8. The van der Waals surface area contributed by atoms with Crippen LogP contribution in [0.3, 0.4) is 0 Å². The maximum absolute atomic E-state index is 13.5. The number of sulfonamides is 1. The van der Waals surface area contributed by atoms with Crippen molar-refractivity contribution in [3.8, 4) is 0 Å². The van der Waals surface area contributed by atoms with Crippen LogP contribution in [-0.2, 0) is 14.8 Å². The van der Waals surface area contributed by atoms with Gasteiger partial charge < -0.3 is 10.0 Å². The quantitative estimate of drug-likeness (QED) is 0.777. The van der Waals surface area contributed by atoms with Crippen molar-refractivity contribution < 1.29 is 27.1 Å². The topological polar surface area (TPSA) is 126 Å². The summed E-state index contributed by atoms with van der Waals surface area (Å²) in [5, 5.41) is 13.0. The maximum atomic E-state index is 13.5. The molecule has 0 radical (unpaired) electrons. The number of halogens is 2. The van der Waals surface area contributed by atoms with Gasteiger partial charge in [0.1, 0.15) is 0 Å². The molecule has 21 heavy (non-hydrogen) atoms. The molecule has 8 nitrogen and oxygen atoms in total. The lowest BCUT2D eigenvalue weighted by atomic mass is 10.0. The summed E-state index contributed by atoms with van der Waals surface area (Å²) in [5.41, 5.74) is 0. The molecule has 1 aromatic heterocycles. The Morgan fingerprint density at radius 2 is 2.05 bits per heavy atom. The monoisotopic (exact) mass is 322 g/mol. The number of alkyl halides is 2. The zero-order valence-corrected chi connectivity index (χ0v) is 11.4. The van der Waals surface area contributed by atoms with Crippen LogP contribution in [0.25, 0.3) is 0 Å². The molecule has 1 saturated heterocycles. The van der Waals surface area contributed by atoms with Gasteiger partial charge in [-0.2, -0.15) is 8.78 Å². The van der Waals surface area contributed by atoms with Gasteiger partial charge in [0.2, 0.25) is 5.03 Å². The van der Waals surface area contributed by atoms with Gasteiger partial charge >= 0.3 is 11.9 Å². The third-order valence-electron chi connectivity index (χ3n) is 3.20. The zero-order valence-electron chi connectivity index (χ0n) is 10.6. The number of carboxylic acid groups (broad SMARTS) is 1. The Hall–Kier alpha value is -1.88. The fourth-order valence-corrected chi connectivity index (χ4v) is 2.80. The van der Waals surface area contributed by atoms with Crippen molar-refractivity contribution in [2.75, 3.05) is 18.0 Å². The molecule has 116 valence electrons. The van der Waals surface area contributed by atoms with Crippen LogP contribution in [0.4, 0.5) is 14.6 Å². The van der Waals surface area contributed by atoms with E-state index in [1.807, 2.05) is 0 Å².